The van der Waals surface area contributed by atoms with E-state index in [1.165, 1.54) is 29.5 Å². The van der Waals surface area contributed by atoms with E-state index in [1.54, 1.807) is 0 Å². The summed E-state index contributed by atoms with van der Waals surface area (Å²) in [6.07, 6.45) is 5.51. The maximum absolute atomic E-state index is 8.94. The van der Waals surface area contributed by atoms with Crippen LogP contribution in [0.25, 0.3) is 0 Å². The summed E-state index contributed by atoms with van der Waals surface area (Å²) < 4.78 is 0. The van der Waals surface area contributed by atoms with Crippen molar-refractivity contribution in [2.24, 2.45) is 0 Å². The Kier molecular flexibility index (Phi) is 7.83. The predicted octanol–water partition coefficient (Wildman–Crippen LogP) is 5.51. The Labute approximate surface area is 169 Å². The zero-order chi connectivity index (χ0) is 19.5. The highest BCUT2D eigenvalue weighted by molar-refractivity contribution is 5.49. The van der Waals surface area contributed by atoms with Gasteiger partial charge in [0.2, 0.25) is 0 Å². The van der Waals surface area contributed by atoms with Crippen molar-refractivity contribution >= 4 is 0 Å². The summed E-state index contributed by atoms with van der Waals surface area (Å²) in [5, 5.41) is 12.9. The van der Waals surface area contributed by atoms with Gasteiger partial charge in [0.25, 0.3) is 0 Å². The van der Waals surface area contributed by atoms with Gasteiger partial charge in [-0.2, -0.15) is 0 Å². The first-order valence-corrected chi connectivity index (χ1v) is 10.4. The SMILES string of the molecule is OCCCCCCCNC(c1ccccc1)(c1ccccc1)c1ccccc1. The van der Waals surface area contributed by atoms with Gasteiger partial charge in [0.1, 0.15) is 0 Å². The lowest BCUT2D eigenvalue weighted by Gasteiger charge is -2.37. The molecule has 0 fully saturated rings. The van der Waals surface area contributed by atoms with E-state index in [9.17, 15) is 0 Å². The van der Waals surface area contributed by atoms with Gasteiger partial charge >= 0.3 is 0 Å². The standard InChI is InChI=1S/C26H31NO/c28-22-14-3-1-2-13-21-27-26(23-15-7-4-8-16-23,24-17-9-5-10-18-24)25-19-11-6-12-20-25/h4-12,15-20,27-28H,1-3,13-14,21-22H2. The molecule has 3 aromatic carbocycles. The number of aliphatic hydroxyl groups is 1. The Bertz CT molecular complexity index is 690. The molecular formula is C26H31NO. The van der Waals surface area contributed by atoms with Crippen LogP contribution in [0, 0.1) is 0 Å². The van der Waals surface area contributed by atoms with Crippen molar-refractivity contribution in [1.29, 1.82) is 0 Å². The summed E-state index contributed by atoms with van der Waals surface area (Å²) in [5.74, 6) is 0. The molecule has 146 valence electrons. The average molecular weight is 374 g/mol. The van der Waals surface area contributed by atoms with Crippen molar-refractivity contribution in [2.75, 3.05) is 13.2 Å². The Balaban J connectivity index is 1.91. The number of unbranched alkanes of at least 4 members (excludes halogenated alkanes) is 4. The van der Waals surface area contributed by atoms with Crippen LogP contribution in [-0.4, -0.2) is 18.3 Å². The third kappa shape index (κ3) is 4.89. The van der Waals surface area contributed by atoms with Gasteiger partial charge in [0, 0.05) is 6.61 Å². The third-order valence-electron chi connectivity index (χ3n) is 5.35. The summed E-state index contributed by atoms with van der Waals surface area (Å²) in [7, 11) is 0. The van der Waals surface area contributed by atoms with E-state index in [4.69, 9.17) is 5.11 Å². The van der Waals surface area contributed by atoms with Crippen LogP contribution in [0.1, 0.15) is 48.8 Å². The number of aliphatic hydroxyl groups excluding tert-OH is 1. The lowest BCUT2D eigenvalue weighted by Crippen LogP contribution is -2.45. The Hall–Kier alpha value is -2.42. The van der Waals surface area contributed by atoms with E-state index >= 15 is 0 Å². The number of nitrogens with one attached hydrogen (secondary N) is 1. The molecule has 3 rings (SSSR count). The van der Waals surface area contributed by atoms with Crippen LogP contribution in [0.4, 0.5) is 0 Å². The first-order chi connectivity index (χ1) is 13.9. The van der Waals surface area contributed by atoms with Gasteiger partial charge in [0.05, 0.1) is 5.54 Å². The van der Waals surface area contributed by atoms with Gasteiger partial charge in [-0.05, 0) is 36.1 Å². The lowest BCUT2D eigenvalue weighted by molar-refractivity contribution is 0.282. The molecule has 0 amide bonds. The Morgan fingerprint density at radius 1 is 0.536 bits per heavy atom. The largest absolute Gasteiger partial charge is 0.396 e. The smallest absolute Gasteiger partial charge is 0.0947 e. The maximum Gasteiger partial charge on any atom is 0.0947 e. The molecule has 0 saturated carbocycles. The van der Waals surface area contributed by atoms with Crippen LogP contribution in [-0.2, 0) is 5.54 Å². The molecule has 0 bridgehead atoms. The average Bonchev–Trinajstić information content (AvgIpc) is 2.78. The fraction of sp³-hybridized carbons (Fsp3) is 0.308. The van der Waals surface area contributed by atoms with Gasteiger partial charge in [-0.3, -0.25) is 5.32 Å². The van der Waals surface area contributed by atoms with Crippen LogP contribution < -0.4 is 5.32 Å². The van der Waals surface area contributed by atoms with Crippen LogP contribution in [0.15, 0.2) is 91.0 Å². The van der Waals surface area contributed by atoms with E-state index in [2.05, 4.69) is 96.3 Å². The van der Waals surface area contributed by atoms with Gasteiger partial charge in [-0.25, -0.2) is 0 Å². The highest BCUT2D eigenvalue weighted by Crippen LogP contribution is 2.36. The highest BCUT2D eigenvalue weighted by atomic mass is 16.2. The molecule has 0 heterocycles. The molecule has 2 N–H and O–H groups in total. The fourth-order valence-corrected chi connectivity index (χ4v) is 3.91. The van der Waals surface area contributed by atoms with Crippen molar-refractivity contribution in [1.82, 2.24) is 5.32 Å². The van der Waals surface area contributed by atoms with Gasteiger partial charge in [-0.1, -0.05) is 110 Å². The second-order valence-corrected chi connectivity index (χ2v) is 7.27. The molecule has 0 unspecified atom stereocenters. The van der Waals surface area contributed by atoms with Crippen LogP contribution >= 0.6 is 0 Å². The van der Waals surface area contributed by atoms with Gasteiger partial charge in [0.15, 0.2) is 0 Å². The summed E-state index contributed by atoms with van der Waals surface area (Å²) in [5.41, 5.74) is 3.41. The number of rotatable bonds is 11. The minimum Gasteiger partial charge on any atom is -0.396 e. The van der Waals surface area contributed by atoms with E-state index in [0.29, 0.717) is 6.61 Å². The van der Waals surface area contributed by atoms with Crippen molar-refractivity contribution < 1.29 is 5.11 Å². The normalized spacial score (nSPS) is 11.5. The number of hydrogen-bond donors (Lipinski definition) is 2. The van der Waals surface area contributed by atoms with Crippen molar-refractivity contribution in [3.05, 3.63) is 108 Å². The molecule has 2 nitrogen and oxygen atoms in total. The van der Waals surface area contributed by atoms with Gasteiger partial charge < -0.3 is 5.11 Å². The minimum absolute atomic E-state index is 0.303. The first kappa shape index (κ1) is 20.3. The van der Waals surface area contributed by atoms with Crippen molar-refractivity contribution in [3.8, 4) is 0 Å². The van der Waals surface area contributed by atoms with E-state index in [0.717, 1.165) is 25.8 Å². The van der Waals surface area contributed by atoms with E-state index in [1.807, 2.05) is 0 Å². The van der Waals surface area contributed by atoms with Crippen LogP contribution in [0.2, 0.25) is 0 Å². The van der Waals surface area contributed by atoms with Crippen LogP contribution in [0.5, 0.6) is 0 Å². The monoisotopic (exact) mass is 373 g/mol. The zero-order valence-corrected chi connectivity index (χ0v) is 16.6. The molecular weight excluding hydrogens is 342 g/mol. The molecule has 0 atom stereocenters. The third-order valence-corrected chi connectivity index (χ3v) is 5.35. The molecule has 2 heteroatoms. The van der Waals surface area contributed by atoms with Crippen molar-refractivity contribution in [2.45, 2.75) is 37.6 Å². The topological polar surface area (TPSA) is 32.3 Å². The molecule has 3 aromatic rings. The predicted molar refractivity (Wildman–Crippen MR) is 117 cm³/mol. The summed E-state index contributed by atoms with van der Waals surface area (Å²) in [6, 6.07) is 32.2. The first-order valence-electron chi connectivity index (χ1n) is 10.4. The highest BCUT2D eigenvalue weighted by Gasteiger charge is 2.35. The molecule has 28 heavy (non-hydrogen) atoms. The zero-order valence-electron chi connectivity index (χ0n) is 16.6. The molecule has 0 spiro atoms. The number of hydrogen-bond acceptors (Lipinski definition) is 2. The minimum atomic E-state index is -0.366. The molecule has 0 radical (unpaired) electrons. The number of benzene rings is 3. The second-order valence-electron chi connectivity index (χ2n) is 7.27. The maximum atomic E-state index is 8.94. The molecule has 0 aromatic heterocycles. The lowest BCUT2D eigenvalue weighted by atomic mass is 9.77. The molecule has 0 aliphatic rings. The summed E-state index contributed by atoms with van der Waals surface area (Å²) in [4.78, 5) is 0. The van der Waals surface area contributed by atoms with E-state index < -0.39 is 0 Å². The Morgan fingerprint density at radius 3 is 1.36 bits per heavy atom. The molecule has 0 saturated heterocycles. The Morgan fingerprint density at radius 2 is 0.929 bits per heavy atom. The van der Waals surface area contributed by atoms with Crippen LogP contribution in [0.3, 0.4) is 0 Å². The fourth-order valence-electron chi connectivity index (χ4n) is 3.91. The van der Waals surface area contributed by atoms with Gasteiger partial charge in [-0.15, -0.1) is 0 Å². The molecule has 0 aliphatic carbocycles. The quantitative estimate of drug-likeness (QED) is 0.343. The summed E-state index contributed by atoms with van der Waals surface area (Å²) in [6.45, 7) is 1.25. The van der Waals surface area contributed by atoms with Crippen molar-refractivity contribution in [3.63, 3.8) is 0 Å². The van der Waals surface area contributed by atoms with E-state index in [-0.39, 0.29) is 5.54 Å². The summed E-state index contributed by atoms with van der Waals surface area (Å²) >= 11 is 0. The molecule has 0 aliphatic heterocycles. The second kappa shape index (κ2) is 10.8.